The molecule has 25 heavy (non-hydrogen) atoms. The fourth-order valence-electron chi connectivity index (χ4n) is 2.67. The molecule has 0 fully saturated rings. The SMILES string of the molecule is CCCCC(CC)C(=O)N(CCC(C)C)CC(=O)Nc1cc(C)on1. The number of rotatable bonds is 11. The maximum atomic E-state index is 12.9. The molecule has 0 aliphatic rings. The van der Waals surface area contributed by atoms with Crippen molar-refractivity contribution in [1.29, 1.82) is 0 Å². The van der Waals surface area contributed by atoms with E-state index in [0.29, 0.717) is 24.0 Å². The number of anilines is 1. The molecule has 0 aliphatic carbocycles. The van der Waals surface area contributed by atoms with E-state index >= 15 is 0 Å². The van der Waals surface area contributed by atoms with Gasteiger partial charge in [-0.2, -0.15) is 0 Å². The molecule has 1 aromatic heterocycles. The zero-order valence-corrected chi connectivity index (χ0v) is 16.3. The van der Waals surface area contributed by atoms with Crippen molar-refractivity contribution in [2.24, 2.45) is 11.8 Å². The van der Waals surface area contributed by atoms with Crippen LogP contribution in [0.15, 0.2) is 10.6 Å². The normalized spacial score (nSPS) is 12.2. The number of carbonyl (C=O) groups is 2. The number of carbonyl (C=O) groups excluding carboxylic acids is 2. The highest BCUT2D eigenvalue weighted by Crippen LogP contribution is 2.17. The summed E-state index contributed by atoms with van der Waals surface area (Å²) < 4.78 is 4.95. The molecule has 0 spiro atoms. The van der Waals surface area contributed by atoms with Gasteiger partial charge in [0.15, 0.2) is 5.82 Å². The van der Waals surface area contributed by atoms with Crippen molar-refractivity contribution in [3.8, 4) is 0 Å². The minimum absolute atomic E-state index is 0.00536. The summed E-state index contributed by atoms with van der Waals surface area (Å²) in [5, 5.41) is 6.46. The van der Waals surface area contributed by atoms with Crippen LogP contribution in [0.3, 0.4) is 0 Å². The molecule has 0 aromatic carbocycles. The van der Waals surface area contributed by atoms with E-state index in [1.807, 2.05) is 6.92 Å². The maximum absolute atomic E-state index is 12.9. The van der Waals surface area contributed by atoms with Gasteiger partial charge >= 0.3 is 0 Å². The minimum Gasteiger partial charge on any atom is -0.360 e. The second-order valence-corrected chi connectivity index (χ2v) is 7.06. The van der Waals surface area contributed by atoms with E-state index in [1.165, 1.54) is 0 Å². The van der Waals surface area contributed by atoms with Gasteiger partial charge in [0.2, 0.25) is 11.8 Å². The lowest BCUT2D eigenvalue weighted by atomic mass is 9.97. The van der Waals surface area contributed by atoms with Crippen LogP contribution in [0.5, 0.6) is 0 Å². The number of nitrogens with zero attached hydrogens (tertiary/aromatic N) is 2. The largest absolute Gasteiger partial charge is 0.360 e. The third-order valence-corrected chi connectivity index (χ3v) is 4.27. The van der Waals surface area contributed by atoms with E-state index in [4.69, 9.17) is 4.52 Å². The smallest absolute Gasteiger partial charge is 0.245 e. The predicted octanol–water partition coefficient (Wildman–Crippen LogP) is 4.01. The highest BCUT2D eigenvalue weighted by atomic mass is 16.5. The topological polar surface area (TPSA) is 75.4 Å². The zero-order chi connectivity index (χ0) is 18.8. The molecular formula is C19H33N3O3. The van der Waals surface area contributed by atoms with Crippen LogP contribution in [-0.2, 0) is 9.59 Å². The first kappa shape index (κ1) is 21.2. The van der Waals surface area contributed by atoms with Crippen molar-refractivity contribution in [3.63, 3.8) is 0 Å². The summed E-state index contributed by atoms with van der Waals surface area (Å²) in [5.41, 5.74) is 0. The third-order valence-electron chi connectivity index (χ3n) is 4.27. The maximum Gasteiger partial charge on any atom is 0.245 e. The van der Waals surface area contributed by atoms with Crippen LogP contribution < -0.4 is 5.32 Å². The fraction of sp³-hybridized carbons (Fsp3) is 0.737. The third kappa shape index (κ3) is 7.71. The fourth-order valence-corrected chi connectivity index (χ4v) is 2.67. The van der Waals surface area contributed by atoms with Gasteiger partial charge in [-0.05, 0) is 32.1 Å². The molecule has 0 aliphatic heterocycles. The first-order valence-corrected chi connectivity index (χ1v) is 9.39. The molecule has 2 amide bonds. The van der Waals surface area contributed by atoms with E-state index in [9.17, 15) is 9.59 Å². The first-order valence-electron chi connectivity index (χ1n) is 9.39. The molecule has 1 unspecified atom stereocenters. The molecule has 0 saturated carbocycles. The average Bonchev–Trinajstić information content (AvgIpc) is 2.96. The molecule has 1 heterocycles. The van der Waals surface area contributed by atoms with Crippen LogP contribution >= 0.6 is 0 Å². The zero-order valence-electron chi connectivity index (χ0n) is 16.3. The van der Waals surface area contributed by atoms with Crippen molar-refractivity contribution >= 4 is 17.6 Å². The Labute approximate surface area is 151 Å². The van der Waals surface area contributed by atoms with Gasteiger partial charge in [-0.15, -0.1) is 0 Å². The van der Waals surface area contributed by atoms with Crippen molar-refractivity contribution in [3.05, 3.63) is 11.8 Å². The van der Waals surface area contributed by atoms with Crippen LogP contribution in [0.2, 0.25) is 0 Å². The Balaban J connectivity index is 2.72. The van der Waals surface area contributed by atoms with Crippen LogP contribution in [0.1, 0.15) is 65.6 Å². The van der Waals surface area contributed by atoms with Crippen molar-refractivity contribution in [1.82, 2.24) is 10.1 Å². The molecular weight excluding hydrogens is 318 g/mol. The van der Waals surface area contributed by atoms with Crippen LogP contribution in [-0.4, -0.2) is 35.0 Å². The van der Waals surface area contributed by atoms with E-state index < -0.39 is 0 Å². The molecule has 1 atom stereocenters. The Morgan fingerprint density at radius 1 is 1.28 bits per heavy atom. The van der Waals surface area contributed by atoms with Gasteiger partial charge in [-0.25, -0.2) is 0 Å². The summed E-state index contributed by atoms with van der Waals surface area (Å²) in [6, 6.07) is 1.66. The number of aryl methyl sites for hydroxylation is 1. The van der Waals surface area contributed by atoms with Gasteiger partial charge < -0.3 is 14.7 Å². The van der Waals surface area contributed by atoms with Crippen molar-refractivity contribution < 1.29 is 14.1 Å². The van der Waals surface area contributed by atoms with Crippen LogP contribution in [0.25, 0.3) is 0 Å². The molecule has 0 saturated heterocycles. The van der Waals surface area contributed by atoms with Gasteiger partial charge in [0.25, 0.3) is 0 Å². The van der Waals surface area contributed by atoms with Crippen LogP contribution in [0.4, 0.5) is 5.82 Å². The second-order valence-electron chi connectivity index (χ2n) is 7.06. The molecule has 0 bridgehead atoms. The Hall–Kier alpha value is -1.85. The number of unbranched alkanes of at least 4 members (excludes halogenated alkanes) is 1. The highest BCUT2D eigenvalue weighted by Gasteiger charge is 2.24. The molecule has 1 aromatic rings. The lowest BCUT2D eigenvalue weighted by Crippen LogP contribution is -2.42. The van der Waals surface area contributed by atoms with E-state index in [1.54, 1.807) is 17.9 Å². The van der Waals surface area contributed by atoms with E-state index in [0.717, 1.165) is 32.1 Å². The summed E-state index contributed by atoms with van der Waals surface area (Å²) in [6.07, 6.45) is 4.68. The summed E-state index contributed by atoms with van der Waals surface area (Å²) in [4.78, 5) is 26.9. The van der Waals surface area contributed by atoms with Gasteiger partial charge in [-0.3, -0.25) is 9.59 Å². The Bertz CT molecular complexity index is 540. The average molecular weight is 351 g/mol. The van der Waals surface area contributed by atoms with Gasteiger partial charge in [0, 0.05) is 18.5 Å². The predicted molar refractivity (Wildman–Crippen MR) is 99.2 cm³/mol. The van der Waals surface area contributed by atoms with Gasteiger partial charge in [0.1, 0.15) is 5.76 Å². The Morgan fingerprint density at radius 3 is 2.52 bits per heavy atom. The van der Waals surface area contributed by atoms with E-state index in [-0.39, 0.29) is 24.3 Å². The lowest BCUT2D eigenvalue weighted by molar-refractivity contribution is -0.139. The molecule has 1 rings (SSSR count). The molecule has 0 radical (unpaired) electrons. The summed E-state index contributed by atoms with van der Waals surface area (Å²) in [6.45, 7) is 10.8. The number of nitrogens with one attached hydrogen (secondary N) is 1. The van der Waals surface area contributed by atoms with Gasteiger partial charge in [0.05, 0.1) is 6.54 Å². The summed E-state index contributed by atoms with van der Waals surface area (Å²) in [7, 11) is 0. The molecule has 6 nitrogen and oxygen atoms in total. The number of hydrogen-bond donors (Lipinski definition) is 1. The second kappa shape index (κ2) is 10.9. The molecule has 6 heteroatoms. The molecule has 142 valence electrons. The summed E-state index contributed by atoms with van der Waals surface area (Å²) in [5.74, 6) is 1.34. The number of aromatic nitrogens is 1. The molecule has 1 N–H and O–H groups in total. The van der Waals surface area contributed by atoms with Crippen molar-refractivity contribution in [2.45, 2.75) is 66.7 Å². The van der Waals surface area contributed by atoms with Crippen molar-refractivity contribution in [2.75, 3.05) is 18.4 Å². The standard InChI is InChI=1S/C19H33N3O3/c1-6-8-9-16(7-2)19(24)22(11-10-14(3)4)13-18(23)20-17-12-15(5)25-21-17/h12,14,16H,6-11,13H2,1-5H3,(H,20,21,23). The summed E-state index contributed by atoms with van der Waals surface area (Å²) >= 11 is 0. The minimum atomic E-state index is -0.240. The van der Waals surface area contributed by atoms with E-state index in [2.05, 4.69) is 31.2 Å². The van der Waals surface area contributed by atoms with Gasteiger partial charge in [-0.1, -0.05) is 45.7 Å². The number of hydrogen-bond acceptors (Lipinski definition) is 4. The Kier molecular flexibility index (Phi) is 9.24. The quantitative estimate of drug-likeness (QED) is 0.653. The monoisotopic (exact) mass is 351 g/mol. The lowest BCUT2D eigenvalue weighted by Gasteiger charge is -2.27. The highest BCUT2D eigenvalue weighted by molar-refractivity contribution is 5.94. The van der Waals surface area contributed by atoms with Crippen LogP contribution in [0, 0.1) is 18.8 Å². The first-order chi connectivity index (χ1) is 11.9. The number of amides is 2. The Morgan fingerprint density at radius 2 is 2.00 bits per heavy atom.